The van der Waals surface area contributed by atoms with Gasteiger partial charge in [0.25, 0.3) is 5.91 Å². The lowest BCUT2D eigenvalue weighted by molar-refractivity contribution is -0.274. The molecule has 1 fully saturated rings. The molecule has 0 aliphatic carbocycles. The molecule has 2 aliphatic heterocycles. The number of hydrogen-bond donors (Lipinski definition) is 0. The highest BCUT2D eigenvalue weighted by atomic mass is 19.4. The van der Waals surface area contributed by atoms with Crippen LogP contribution in [0.15, 0.2) is 48.5 Å². The van der Waals surface area contributed by atoms with Crippen LogP contribution < -0.4 is 4.74 Å². The van der Waals surface area contributed by atoms with Crippen LogP contribution in [0.4, 0.5) is 13.2 Å². The molecule has 0 aromatic heterocycles. The third-order valence-corrected chi connectivity index (χ3v) is 5.15. The van der Waals surface area contributed by atoms with Crippen LogP contribution in [0, 0.1) is 0 Å². The van der Waals surface area contributed by atoms with Crippen molar-refractivity contribution in [3.8, 4) is 5.75 Å². The first-order valence-corrected chi connectivity index (χ1v) is 9.27. The lowest BCUT2D eigenvalue weighted by Gasteiger charge is -2.33. The van der Waals surface area contributed by atoms with Gasteiger partial charge in [0, 0.05) is 18.7 Å². The Morgan fingerprint density at radius 1 is 1.07 bits per heavy atom. The molecule has 0 N–H and O–H groups in total. The fourth-order valence-electron chi connectivity index (χ4n) is 3.87. The molecule has 4 rings (SSSR count). The minimum atomic E-state index is -4.70. The van der Waals surface area contributed by atoms with Crippen LogP contribution in [0.1, 0.15) is 46.9 Å². The molecule has 1 amide bonds. The van der Waals surface area contributed by atoms with Crippen molar-refractivity contribution < 1.29 is 27.4 Å². The largest absolute Gasteiger partial charge is 0.573 e. The molecular formula is C21H20F3NO3. The molecule has 0 spiro atoms. The minimum absolute atomic E-state index is 0.0231. The monoisotopic (exact) mass is 391 g/mol. The molecule has 2 heterocycles. The number of rotatable bonds is 4. The van der Waals surface area contributed by atoms with Gasteiger partial charge in [0.1, 0.15) is 5.75 Å². The second kappa shape index (κ2) is 7.47. The molecule has 4 nitrogen and oxygen atoms in total. The Labute approximate surface area is 160 Å². The Morgan fingerprint density at radius 3 is 2.54 bits per heavy atom. The van der Waals surface area contributed by atoms with Crippen molar-refractivity contribution in [1.82, 2.24) is 4.90 Å². The number of ether oxygens (including phenoxy) is 2. The van der Waals surface area contributed by atoms with Crippen LogP contribution >= 0.6 is 0 Å². The first-order valence-electron chi connectivity index (χ1n) is 9.27. The van der Waals surface area contributed by atoms with Gasteiger partial charge in [0.05, 0.1) is 12.2 Å². The maximum atomic E-state index is 12.5. The zero-order chi connectivity index (χ0) is 19.7. The van der Waals surface area contributed by atoms with E-state index < -0.39 is 6.36 Å². The van der Waals surface area contributed by atoms with Crippen LogP contribution in [-0.4, -0.2) is 29.8 Å². The molecule has 0 radical (unpaired) electrons. The number of halogens is 3. The normalized spacial score (nSPS) is 22.2. The van der Waals surface area contributed by atoms with Gasteiger partial charge in [0.2, 0.25) is 0 Å². The average molecular weight is 391 g/mol. The molecule has 2 atom stereocenters. The summed E-state index contributed by atoms with van der Waals surface area (Å²) in [7, 11) is 0. The number of carbonyl (C=O) groups excluding carboxylic acids is 1. The molecule has 2 aliphatic rings. The topological polar surface area (TPSA) is 38.8 Å². The Kier molecular flexibility index (Phi) is 5.02. The number of carbonyl (C=O) groups is 1. The zero-order valence-corrected chi connectivity index (χ0v) is 15.1. The van der Waals surface area contributed by atoms with Gasteiger partial charge >= 0.3 is 6.36 Å². The second-order valence-electron chi connectivity index (χ2n) is 7.14. The Bertz CT molecular complexity index is 851. The molecule has 2 aromatic rings. The van der Waals surface area contributed by atoms with Gasteiger partial charge in [-0.2, -0.15) is 0 Å². The minimum Gasteiger partial charge on any atom is -0.406 e. The van der Waals surface area contributed by atoms with Crippen molar-refractivity contribution in [2.75, 3.05) is 6.54 Å². The second-order valence-corrected chi connectivity index (χ2v) is 7.14. The summed E-state index contributed by atoms with van der Waals surface area (Å²) in [6.45, 7) is 1.10. The summed E-state index contributed by atoms with van der Waals surface area (Å²) in [4.78, 5) is 14.3. The predicted molar refractivity (Wildman–Crippen MR) is 95.8 cm³/mol. The zero-order valence-electron chi connectivity index (χ0n) is 15.1. The van der Waals surface area contributed by atoms with Crippen molar-refractivity contribution in [3.63, 3.8) is 0 Å². The first-order chi connectivity index (χ1) is 13.4. The van der Waals surface area contributed by atoms with Crippen LogP contribution in [-0.2, 0) is 11.3 Å². The summed E-state index contributed by atoms with van der Waals surface area (Å²) < 4.78 is 47.0. The van der Waals surface area contributed by atoms with E-state index in [9.17, 15) is 18.0 Å². The van der Waals surface area contributed by atoms with E-state index in [1.54, 1.807) is 17.0 Å². The maximum Gasteiger partial charge on any atom is 0.573 e. The Balaban J connectivity index is 1.38. The lowest BCUT2D eigenvalue weighted by atomic mass is 9.98. The highest BCUT2D eigenvalue weighted by Crippen LogP contribution is 2.34. The number of nitrogens with zero attached hydrogens (tertiary/aromatic N) is 1. The molecule has 2 aromatic carbocycles. The Hall–Kier alpha value is -2.54. The molecule has 1 saturated heterocycles. The van der Waals surface area contributed by atoms with Gasteiger partial charge in [-0.15, -0.1) is 13.2 Å². The van der Waals surface area contributed by atoms with E-state index in [-0.39, 0.29) is 23.9 Å². The highest BCUT2D eigenvalue weighted by Gasteiger charge is 2.33. The summed E-state index contributed by atoms with van der Waals surface area (Å²) in [6.07, 6.45) is -2.41. The predicted octanol–water partition coefficient (Wildman–Crippen LogP) is 4.85. The van der Waals surface area contributed by atoms with E-state index in [0.29, 0.717) is 13.1 Å². The maximum absolute atomic E-state index is 12.5. The molecular weight excluding hydrogens is 371 g/mol. The average Bonchev–Trinajstić information content (AvgIpc) is 2.97. The summed E-state index contributed by atoms with van der Waals surface area (Å²) in [6, 6.07) is 13.4. The van der Waals surface area contributed by atoms with Crippen LogP contribution in [0.25, 0.3) is 0 Å². The molecule has 2 unspecified atom stereocenters. The van der Waals surface area contributed by atoms with E-state index in [1.165, 1.54) is 12.1 Å². The molecule has 0 saturated carbocycles. The summed E-state index contributed by atoms with van der Waals surface area (Å²) >= 11 is 0. The number of hydrogen-bond acceptors (Lipinski definition) is 3. The van der Waals surface area contributed by atoms with E-state index in [2.05, 4.69) is 4.74 Å². The van der Waals surface area contributed by atoms with E-state index in [0.717, 1.165) is 36.0 Å². The van der Waals surface area contributed by atoms with Crippen LogP contribution in [0.5, 0.6) is 5.75 Å². The van der Waals surface area contributed by atoms with Gasteiger partial charge in [-0.05, 0) is 48.6 Å². The van der Waals surface area contributed by atoms with Crippen molar-refractivity contribution in [2.24, 2.45) is 0 Å². The van der Waals surface area contributed by atoms with Gasteiger partial charge in [-0.3, -0.25) is 4.79 Å². The van der Waals surface area contributed by atoms with Gasteiger partial charge in [-0.1, -0.05) is 30.3 Å². The first kappa shape index (κ1) is 18.8. The van der Waals surface area contributed by atoms with Crippen LogP contribution in [0.3, 0.4) is 0 Å². The van der Waals surface area contributed by atoms with Crippen molar-refractivity contribution >= 4 is 5.91 Å². The molecule has 0 bridgehead atoms. The quantitative estimate of drug-likeness (QED) is 0.748. The van der Waals surface area contributed by atoms with Crippen LogP contribution in [0.2, 0.25) is 0 Å². The molecule has 7 heteroatoms. The van der Waals surface area contributed by atoms with Crippen molar-refractivity contribution in [1.29, 1.82) is 0 Å². The summed E-state index contributed by atoms with van der Waals surface area (Å²) in [5, 5.41) is 0. The third-order valence-electron chi connectivity index (χ3n) is 5.15. The molecule has 28 heavy (non-hydrogen) atoms. The van der Waals surface area contributed by atoms with Gasteiger partial charge in [-0.25, -0.2) is 0 Å². The number of fused-ring (bicyclic) bond motifs is 1. The van der Waals surface area contributed by atoms with Gasteiger partial charge in [0.15, 0.2) is 0 Å². The SMILES string of the molecule is O=C1c2ccccc2CN1CC1CCCC(c2ccc(OC(F)(F)F)cc2)O1. The van der Waals surface area contributed by atoms with E-state index in [4.69, 9.17) is 4.74 Å². The van der Waals surface area contributed by atoms with E-state index >= 15 is 0 Å². The lowest BCUT2D eigenvalue weighted by Crippen LogP contribution is -2.36. The fourth-order valence-corrected chi connectivity index (χ4v) is 3.87. The summed E-state index contributed by atoms with van der Waals surface area (Å²) in [5.41, 5.74) is 2.59. The van der Waals surface area contributed by atoms with Gasteiger partial charge < -0.3 is 14.4 Å². The van der Waals surface area contributed by atoms with Crippen molar-refractivity contribution in [2.45, 2.75) is 44.4 Å². The van der Waals surface area contributed by atoms with E-state index in [1.807, 2.05) is 24.3 Å². The number of alkyl halides is 3. The summed E-state index contributed by atoms with van der Waals surface area (Å²) in [5.74, 6) is -0.223. The molecule has 148 valence electrons. The van der Waals surface area contributed by atoms with Crippen molar-refractivity contribution in [3.05, 3.63) is 65.2 Å². The smallest absolute Gasteiger partial charge is 0.406 e. The fraction of sp³-hybridized carbons (Fsp3) is 0.381. The highest BCUT2D eigenvalue weighted by molar-refractivity contribution is 5.98. The number of amides is 1. The third kappa shape index (κ3) is 4.14. The number of benzene rings is 2. The standard InChI is InChI=1S/C21H20F3NO3/c22-21(23,24)28-16-10-8-14(9-11-16)19-7-3-5-17(27-19)13-25-12-15-4-1-2-6-18(15)20(25)26/h1-2,4,6,8-11,17,19H,3,5,7,12-13H2. The Morgan fingerprint density at radius 2 is 1.82 bits per heavy atom.